The molecule has 1 saturated carbocycles. The molecule has 1 aliphatic rings. The molecule has 1 aliphatic carbocycles. The fourth-order valence-electron chi connectivity index (χ4n) is 2.45. The minimum atomic E-state index is -1.60. The molecule has 74 valence electrons. The molecule has 0 aliphatic heterocycles. The third-order valence-electron chi connectivity index (χ3n) is 3.94. The number of hydrogen-bond donors (Lipinski definition) is 1. The van der Waals surface area contributed by atoms with Gasteiger partial charge in [0, 0.05) is 4.92 Å². The first-order valence-electron chi connectivity index (χ1n) is 4.08. The molecule has 0 radical (unpaired) electrons. The Morgan fingerprint density at radius 3 is 1.54 bits per heavy atom. The van der Waals surface area contributed by atoms with E-state index in [1.54, 1.807) is 27.7 Å². The van der Waals surface area contributed by atoms with Crippen molar-refractivity contribution in [1.82, 2.24) is 0 Å². The number of carbonyl (C=O) groups is 1. The van der Waals surface area contributed by atoms with Gasteiger partial charge in [0.05, 0.1) is 10.8 Å². The van der Waals surface area contributed by atoms with E-state index >= 15 is 0 Å². The summed E-state index contributed by atoms with van der Waals surface area (Å²) in [4.78, 5) is 21.5. The zero-order chi connectivity index (χ0) is 10.7. The molecule has 1 rings (SSSR count). The van der Waals surface area contributed by atoms with Crippen LogP contribution in [-0.4, -0.2) is 16.4 Å². The highest BCUT2D eigenvalue weighted by Gasteiger charge is 2.91. The van der Waals surface area contributed by atoms with E-state index in [-0.39, 0.29) is 0 Å². The molecular weight excluding hydrogens is 172 g/mol. The molecule has 0 aromatic rings. The highest BCUT2D eigenvalue weighted by molar-refractivity contribution is 5.90. The summed E-state index contributed by atoms with van der Waals surface area (Å²) in [5.74, 6) is -0.840. The largest absolute Gasteiger partial charge is 0.363 e. The fourth-order valence-corrected chi connectivity index (χ4v) is 2.45. The third-order valence-corrected chi connectivity index (χ3v) is 3.94. The van der Waals surface area contributed by atoms with E-state index in [9.17, 15) is 14.9 Å². The summed E-state index contributed by atoms with van der Waals surface area (Å²) in [6.45, 7) is 6.78. The molecule has 5 nitrogen and oxygen atoms in total. The second kappa shape index (κ2) is 2.02. The SMILES string of the molecule is CC1(C)C(C)(C)C1(C(N)=O)[N+](=O)[O-]. The predicted molar refractivity (Wildman–Crippen MR) is 46.5 cm³/mol. The van der Waals surface area contributed by atoms with Crippen molar-refractivity contribution in [3.8, 4) is 0 Å². The van der Waals surface area contributed by atoms with Crippen LogP contribution < -0.4 is 5.73 Å². The minimum absolute atomic E-state index is 0.546. The highest BCUT2D eigenvalue weighted by Crippen LogP contribution is 2.72. The van der Waals surface area contributed by atoms with Crippen molar-refractivity contribution in [2.24, 2.45) is 16.6 Å². The van der Waals surface area contributed by atoms with Gasteiger partial charge in [-0.1, -0.05) is 27.7 Å². The van der Waals surface area contributed by atoms with Crippen molar-refractivity contribution >= 4 is 5.91 Å². The van der Waals surface area contributed by atoms with Gasteiger partial charge < -0.3 is 5.73 Å². The van der Waals surface area contributed by atoms with Crippen LogP contribution in [0.3, 0.4) is 0 Å². The molecule has 0 heterocycles. The summed E-state index contributed by atoms with van der Waals surface area (Å²) >= 11 is 0. The number of nitro groups is 1. The Morgan fingerprint density at radius 2 is 1.54 bits per heavy atom. The standard InChI is InChI=1S/C8H14N2O3/c1-6(2)7(3,4)8(6,5(9)11)10(12)13/h1-4H3,(H2,9,11). The van der Waals surface area contributed by atoms with Crippen LogP contribution in [0.1, 0.15) is 27.7 Å². The molecule has 0 spiro atoms. The number of nitrogens with two attached hydrogens (primary N) is 1. The van der Waals surface area contributed by atoms with Gasteiger partial charge in [0.15, 0.2) is 0 Å². The maximum absolute atomic E-state index is 11.1. The Labute approximate surface area is 76.4 Å². The number of nitrogens with zero attached hydrogens (tertiary/aromatic N) is 1. The van der Waals surface area contributed by atoms with Crippen molar-refractivity contribution in [1.29, 1.82) is 0 Å². The van der Waals surface area contributed by atoms with Gasteiger partial charge in [0.25, 0.3) is 5.91 Å². The van der Waals surface area contributed by atoms with Crippen molar-refractivity contribution in [3.63, 3.8) is 0 Å². The van der Waals surface area contributed by atoms with Crippen LogP contribution in [0.25, 0.3) is 0 Å². The lowest BCUT2D eigenvalue weighted by atomic mass is 10.0. The van der Waals surface area contributed by atoms with Crippen LogP contribution in [-0.2, 0) is 4.79 Å². The number of hydrogen-bond acceptors (Lipinski definition) is 3. The lowest BCUT2D eigenvalue weighted by Crippen LogP contribution is -2.44. The van der Waals surface area contributed by atoms with Gasteiger partial charge in [-0.25, -0.2) is 0 Å². The van der Waals surface area contributed by atoms with E-state index in [1.165, 1.54) is 0 Å². The maximum atomic E-state index is 11.1. The number of rotatable bonds is 2. The average Bonchev–Trinajstić information content (AvgIpc) is 2.18. The predicted octanol–water partition coefficient (Wildman–Crippen LogP) is 0.553. The molecule has 1 amide bonds. The maximum Gasteiger partial charge on any atom is 0.309 e. The summed E-state index contributed by atoms with van der Waals surface area (Å²) in [6, 6.07) is 0. The van der Waals surface area contributed by atoms with E-state index in [1.807, 2.05) is 0 Å². The molecule has 2 N–H and O–H groups in total. The van der Waals surface area contributed by atoms with Gasteiger partial charge in [-0.2, -0.15) is 0 Å². The zero-order valence-corrected chi connectivity index (χ0v) is 8.25. The van der Waals surface area contributed by atoms with Gasteiger partial charge in [0.2, 0.25) is 0 Å². The quantitative estimate of drug-likeness (QED) is 0.504. The summed E-state index contributed by atoms with van der Waals surface area (Å²) in [7, 11) is 0. The Hall–Kier alpha value is -1.13. The molecule has 0 bridgehead atoms. The van der Waals surface area contributed by atoms with Crippen molar-refractivity contribution in [2.75, 3.05) is 0 Å². The molecule has 5 heteroatoms. The van der Waals surface area contributed by atoms with E-state index in [0.29, 0.717) is 0 Å². The Morgan fingerprint density at radius 1 is 1.23 bits per heavy atom. The monoisotopic (exact) mass is 186 g/mol. The summed E-state index contributed by atoms with van der Waals surface area (Å²) in [5.41, 5.74) is 2.16. The van der Waals surface area contributed by atoms with Gasteiger partial charge in [-0.05, 0) is 0 Å². The average molecular weight is 186 g/mol. The van der Waals surface area contributed by atoms with Crippen molar-refractivity contribution in [2.45, 2.75) is 33.2 Å². The molecular formula is C8H14N2O3. The molecule has 13 heavy (non-hydrogen) atoms. The topological polar surface area (TPSA) is 86.2 Å². The minimum Gasteiger partial charge on any atom is -0.363 e. The number of primary amides is 1. The van der Waals surface area contributed by atoms with E-state index < -0.39 is 27.2 Å². The zero-order valence-electron chi connectivity index (χ0n) is 8.25. The fraction of sp³-hybridized carbons (Fsp3) is 0.875. The van der Waals surface area contributed by atoms with E-state index in [4.69, 9.17) is 5.73 Å². The molecule has 0 saturated heterocycles. The first-order chi connectivity index (χ1) is 5.64. The summed E-state index contributed by atoms with van der Waals surface area (Å²) in [5, 5.41) is 10.9. The normalized spacial score (nSPS) is 26.5. The van der Waals surface area contributed by atoms with Gasteiger partial charge in [-0.15, -0.1) is 0 Å². The Balaban J connectivity index is 3.29. The number of amides is 1. The van der Waals surface area contributed by atoms with Crippen LogP contribution >= 0.6 is 0 Å². The number of carbonyl (C=O) groups excluding carboxylic acids is 1. The van der Waals surface area contributed by atoms with Crippen LogP contribution in [0, 0.1) is 20.9 Å². The summed E-state index contributed by atoms with van der Waals surface area (Å²) < 4.78 is 0. The van der Waals surface area contributed by atoms with Gasteiger partial charge in [-0.3, -0.25) is 14.9 Å². The molecule has 0 atom stereocenters. The second-order valence-corrected chi connectivity index (χ2v) is 4.58. The Bertz CT molecular complexity index is 264. The molecule has 0 aromatic carbocycles. The molecule has 0 aromatic heterocycles. The molecule has 0 unspecified atom stereocenters. The second-order valence-electron chi connectivity index (χ2n) is 4.58. The molecule has 1 fully saturated rings. The van der Waals surface area contributed by atoms with Crippen molar-refractivity contribution in [3.05, 3.63) is 10.1 Å². The van der Waals surface area contributed by atoms with Crippen LogP contribution in [0.5, 0.6) is 0 Å². The van der Waals surface area contributed by atoms with Crippen LogP contribution in [0.2, 0.25) is 0 Å². The lowest BCUT2D eigenvalue weighted by molar-refractivity contribution is -0.535. The first kappa shape index (κ1) is 9.95. The van der Waals surface area contributed by atoms with E-state index in [2.05, 4.69) is 0 Å². The van der Waals surface area contributed by atoms with Gasteiger partial charge >= 0.3 is 5.54 Å². The summed E-state index contributed by atoms with van der Waals surface area (Å²) in [6.07, 6.45) is 0. The van der Waals surface area contributed by atoms with Gasteiger partial charge in [0.1, 0.15) is 0 Å². The van der Waals surface area contributed by atoms with Crippen molar-refractivity contribution < 1.29 is 9.72 Å². The Kier molecular flexibility index (Phi) is 1.55. The third kappa shape index (κ3) is 0.665. The van der Waals surface area contributed by atoms with Crippen LogP contribution in [0.4, 0.5) is 0 Å². The van der Waals surface area contributed by atoms with Crippen LogP contribution in [0.15, 0.2) is 0 Å². The smallest absolute Gasteiger partial charge is 0.309 e. The van der Waals surface area contributed by atoms with E-state index in [0.717, 1.165) is 0 Å². The lowest BCUT2D eigenvalue weighted by Gasteiger charge is -2.07. The first-order valence-corrected chi connectivity index (χ1v) is 4.08. The highest BCUT2D eigenvalue weighted by atomic mass is 16.6.